The summed E-state index contributed by atoms with van der Waals surface area (Å²) in [4.78, 5) is 0. The molecule has 0 spiro atoms. The smallest absolute Gasteiger partial charge is 0.0165 e. The van der Waals surface area contributed by atoms with Crippen LogP contribution in [0.5, 0.6) is 0 Å². The molecule has 0 radical (unpaired) electrons. The molecule has 0 unspecified atom stereocenters. The van der Waals surface area contributed by atoms with Crippen molar-refractivity contribution in [1.82, 2.24) is 0 Å². The first-order chi connectivity index (χ1) is 22.1. The molecule has 0 heterocycles. The maximum atomic E-state index is 2.38. The fourth-order valence-corrected chi connectivity index (χ4v) is 8.16. The van der Waals surface area contributed by atoms with Crippen LogP contribution < -0.4 is 0 Å². The van der Waals surface area contributed by atoms with Crippen molar-refractivity contribution in [2.45, 2.75) is 19.3 Å². The summed E-state index contributed by atoms with van der Waals surface area (Å²) in [5.74, 6) is 0. The highest BCUT2D eigenvalue weighted by Crippen LogP contribution is 2.53. The molecule has 0 aliphatic heterocycles. The lowest BCUT2D eigenvalue weighted by atomic mass is 9.77. The maximum absolute atomic E-state index is 2.38. The first kappa shape index (κ1) is 26.0. The molecular weight excluding hydrogens is 540 g/mol. The van der Waals surface area contributed by atoms with E-state index in [-0.39, 0.29) is 5.41 Å². The van der Waals surface area contributed by atoms with Gasteiger partial charge in [-0.25, -0.2) is 0 Å². The summed E-state index contributed by atoms with van der Waals surface area (Å²) < 4.78 is 0. The fraction of sp³-hybridized carbons (Fsp3) is 0.0667. The predicted molar refractivity (Wildman–Crippen MR) is 193 cm³/mol. The van der Waals surface area contributed by atoms with Crippen LogP contribution in [0.25, 0.3) is 76.8 Å². The molecule has 1 aliphatic rings. The van der Waals surface area contributed by atoms with Gasteiger partial charge in [-0.05, 0) is 88.0 Å². The van der Waals surface area contributed by atoms with Crippen LogP contribution in [0.4, 0.5) is 0 Å². The Hall–Kier alpha value is -5.46. The zero-order valence-electron chi connectivity index (χ0n) is 25.5. The van der Waals surface area contributed by atoms with Gasteiger partial charge in [0.2, 0.25) is 0 Å². The number of hydrogen-bond acceptors (Lipinski definition) is 0. The van der Waals surface area contributed by atoms with Gasteiger partial charge in [0.25, 0.3) is 0 Å². The van der Waals surface area contributed by atoms with Gasteiger partial charge in [0.15, 0.2) is 0 Å². The van der Waals surface area contributed by atoms with Gasteiger partial charge in [-0.3, -0.25) is 0 Å². The Bertz CT molecular complexity index is 2390. The Morgan fingerprint density at radius 3 is 1.40 bits per heavy atom. The van der Waals surface area contributed by atoms with Crippen molar-refractivity contribution in [3.63, 3.8) is 0 Å². The highest BCUT2D eigenvalue weighted by molar-refractivity contribution is 6.24. The zero-order chi connectivity index (χ0) is 30.1. The number of rotatable bonds is 3. The standard InChI is InChI=1S/C45H32/c1-45(2)41-26-13-12-19-33(41)40-25-14-24-39(44(40)45)32-27-28-38(31-18-7-6-17-30(31)32)43-36-22-10-8-20-34(36)42(29-15-4-3-5-16-29)35-21-9-11-23-37(35)43/h3-28H,1-2H3. The molecule has 0 saturated carbocycles. The third-order valence-corrected chi connectivity index (χ3v) is 10.1. The average molecular weight is 573 g/mol. The normalized spacial score (nSPS) is 13.3. The highest BCUT2D eigenvalue weighted by Gasteiger charge is 2.37. The lowest BCUT2D eigenvalue weighted by Gasteiger charge is -2.25. The van der Waals surface area contributed by atoms with Crippen molar-refractivity contribution in [3.8, 4) is 44.5 Å². The molecule has 8 aromatic carbocycles. The van der Waals surface area contributed by atoms with Crippen LogP contribution in [0, 0.1) is 0 Å². The summed E-state index contributed by atoms with van der Waals surface area (Å²) in [6.45, 7) is 4.76. The second-order valence-corrected chi connectivity index (χ2v) is 12.8. The number of fused-ring (bicyclic) bond motifs is 6. The molecule has 8 aromatic rings. The van der Waals surface area contributed by atoms with Crippen molar-refractivity contribution in [1.29, 1.82) is 0 Å². The van der Waals surface area contributed by atoms with E-state index in [1.165, 1.54) is 88.0 Å². The van der Waals surface area contributed by atoms with Crippen LogP contribution in [0.2, 0.25) is 0 Å². The van der Waals surface area contributed by atoms with Gasteiger partial charge in [-0.1, -0.05) is 172 Å². The van der Waals surface area contributed by atoms with Crippen LogP contribution in [-0.2, 0) is 5.41 Å². The van der Waals surface area contributed by atoms with Gasteiger partial charge in [-0.2, -0.15) is 0 Å². The summed E-state index contributed by atoms with van der Waals surface area (Å²) in [5.41, 5.74) is 13.2. The molecule has 0 amide bonds. The van der Waals surface area contributed by atoms with Crippen molar-refractivity contribution >= 4 is 32.3 Å². The lowest BCUT2D eigenvalue weighted by Crippen LogP contribution is -2.16. The van der Waals surface area contributed by atoms with Crippen LogP contribution in [0.1, 0.15) is 25.0 Å². The van der Waals surface area contributed by atoms with Gasteiger partial charge in [0.05, 0.1) is 0 Å². The Kier molecular flexibility index (Phi) is 5.64. The minimum absolute atomic E-state index is 0.0814. The van der Waals surface area contributed by atoms with Gasteiger partial charge in [0, 0.05) is 5.41 Å². The minimum Gasteiger partial charge on any atom is -0.0622 e. The van der Waals surface area contributed by atoms with E-state index in [2.05, 4.69) is 172 Å². The third kappa shape index (κ3) is 3.72. The summed E-state index contributed by atoms with van der Waals surface area (Å²) in [6.07, 6.45) is 0. The number of hydrogen-bond donors (Lipinski definition) is 0. The van der Waals surface area contributed by atoms with E-state index in [9.17, 15) is 0 Å². The predicted octanol–water partition coefficient (Wildman–Crippen LogP) is 12.5. The van der Waals surface area contributed by atoms with E-state index in [1.54, 1.807) is 0 Å². The molecule has 0 heteroatoms. The van der Waals surface area contributed by atoms with E-state index < -0.39 is 0 Å². The summed E-state index contributed by atoms with van der Waals surface area (Å²) >= 11 is 0. The van der Waals surface area contributed by atoms with Crippen LogP contribution in [0.3, 0.4) is 0 Å². The first-order valence-electron chi connectivity index (χ1n) is 15.9. The molecule has 0 atom stereocenters. The van der Waals surface area contributed by atoms with Crippen molar-refractivity contribution in [3.05, 3.63) is 169 Å². The lowest BCUT2D eigenvalue weighted by molar-refractivity contribution is 0.662. The SMILES string of the molecule is CC1(C)c2ccccc2-c2cccc(-c3ccc(-c4c5ccccc5c(-c5ccccc5)c5ccccc45)c4ccccc34)c21. The maximum Gasteiger partial charge on any atom is 0.0165 e. The van der Waals surface area contributed by atoms with E-state index in [4.69, 9.17) is 0 Å². The van der Waals surface area contributed by atoms with Gasteiger partial charge >= 0.3 is 0 Å². The van der Waals surface area contributed by atoms with Crippen molar-refractivity contribution in [2.75, 3.05) is 0 Å². The van der Waals surface area contributed by atoms with E-state index >= 15 is 0 Å². The van der Waals surface area contributed by atoms with Crippen LogP contribution in [0.15, 0.2) is 158 Å². The Morgan fingerprint density at radius 1 is 0.311 bits per heavy atom. The second-order valence-electron chi connectivity index (χ2n) is 12.8. The summed E-state index contributed by atoms with van der Waals surface area (Å²) in [6, 6.07) is 58.3. The summed E-state index contributed by atoms with van der Waals surface area (Å²) in [5, 5.41) is 7.70. The van der Waals surface area contributed by atoms with Crippen molar-refractivity contribution in [2.24, 2.45) is 0 Å². The minimum atomic E-state index is -0.0814. The first-order valence-corrected chi connectivity index (χ1v) is 15.9. The Morgan fingerprint density at radius 2 is 0.756 bits per heavy atom. The second kappa shape index (κ2) is 9.78. The summed E-state index contributed by atoms with van der Waals surface area (Å²) in [7, 11) is 0. The fourth-order valence-electron chi connectivity index (χ4n) is 8.16. The molecule has 212 valence electrons. The molecule has 0 N–H and O–H groups in total. The Labute approximate surface area is 264 Å². The highest BCUT2D eigenvalue weighted by atomic mass is 14.4. The molecule has 0 saturated heterocycles. The van der Waals surface area contributed by atoms with Crippen LogP contribution >= 0.6 is 0 Å². The monoisotopic (exact) mass is 572 g/mol. The molecule has 9 rings (SSSR count). The van der Waals surface area contributed by atoms with E-state index in [1.807, 2.05) is 0 Å². The molecular formula is C45H32. The largest absolute Gasteiger partial charge is 0.0622 e. The Balaban J connectivity index is 1.35. The van der Waals surface area contributed by atoms with Gasteiger partial charge < -0.3 is 0 Å². The van der Waals surface area contributed by atoms with E-state index in [0.717, 1.165) is 0 Å². The van der Waals surface area contributed by atoms with Gasteiger partial charge in [-0.15, -0.1) is 0 Å². The van der Waals surface area contributed by atoms with Crippen LogP contribution in [-0.4, -0.2) is 0 Å². The van der Waals surface area contributed by atoms with E-state index in [0.29, 0.717) is 0 Å². The molecule has 1 aliphatic carbocycles. The molecule has 45 heavy (non-hydrogen) atoms. The average Bonchev–Trinajstić information content (AvgIpc) is 3.33. The topological polar surface area (TPSA) is 0 Å². The molecule has 0 aromatic heterocycles. The van der Waals surface area contributed by atoms with Gasteiger partial charge in [0.1, 0.15) is 0 Å². The zero-order valence-corrected chi connectivity index (χ0v) is 25.5. The third-order valence-electron chi connectivity index (χ3n) is 10.1. The molecule has 0 bridgehead atoms. The quantitative estimate of drug-likeness (QED) is 0.185. The molecule has 0 nitrogen and oxygen atoms in total. The van der Waals surface area contributed by atoms with Crippen molar-refractivity contribution < 1.29 is 0 Å². The molecule has 0 fully saturated rings. The number of benzene rings is 8.